The van der Waals surface area contributed by atoms with E-state index >= 15 is 0 Å². The summed E-state index contributed by atoms with van der Waals surface area (Å²) >= 11 is 0. The van der Waals surface area contributed by atoms with E-state index in [1.54, 1.807) is 4.90 Å². The SMILES string of the molecule is CN(CCC1CCCCO1)C(=O)c1cccc(CCC(C)(C)O)c1. The first-order valence-electron chi connectivity index (χ1n) is 9.03. The molecule has 0 radical (unpaired) electrons. The molecule has 1 heterocycles. The number of carbonyl (C=O) groups excluding carboxylic acids is 1. The van der Waals surface area contributed by atoms with Crippen LogP contribution in [0.15, 0.2) is 24.3 Å². The van der Waals surface area contributed by atoms with Crippen molar-refractivity contribution in [2.75, 3.05) is 20.2 Å². The van der Waals surface area contributed by atoms with Gasteiger partial charge in [0.2, 0.25) is 0 Å². The number of nitrogens with zero attached hydrogens (tertiary/aromatic N) is 1. The Bertz CT molecular complexity index is 530. The number of amides is 1. The molecule has 1 aromatic rings. The van der Waals surface area contributed by atoms with Crippen LogP contribution >= 0.6 is 0 Å². The number of rotatable bonds is 7. The quantitative estimate of drug-likeness (QED) is 0.832. The summed E-state index contributed by atoms with van der Waals surface area (Å²) in [7, 11) is 1.86. The van der Waals surface area contributed by atoms with Crippen LogP contribution in [0.4, 0.5) is 0 Å². The van der Waals surface area contributed by atoms with Crippen LogP contribution in [0.2, 0.25) is 0 Å². The fourth-order valence-electron chi connectivity index (χ4n) is 3.00. The summed E-state index contributed by atoms with van der Waals surface area (Å²) in [4.78, 5) is 14.4. The molecule has 4 heteroatoms. The maximum absolute atomic E-state index is 12.6. The van der Waals surface area contributed by atoms with E-state index in [2.05, 4.69) is 0 Å². The van der Waals surface area contributed by atoms with Crippen molar-refractivity contribution < 1.29 is 14.6 Å². The maximum Gasteiger partial charge on any atom is 0.253 e. The zero-order valence-corrected chi connectivity index (χ0v) is 15.3. The molecule has 1 atom stereocenters. The van der Waals surface area contributed by atoms with Crippen molar-refractivity contribution in [3.8, 4) is 0 Å². The smallest absolute Gasteiger partial charge is 0.253 e. The Balaban J connectivity index is 1.88. The molecular formula is C20H31NO3. The van der Waals surface area contributed by atoms with Crippen LogP contribution in [0.5, 0.6) is 0 Å². The molecule has 1 fully saturated rings. The molecular weight excluding hydrogens is 302 g/mol. The summed E-state index contributed by atoms with van der Waals surface area (Å²) in [5, 5.41) is 9.85. The summed E-state index contributed by atoms with van der Waals surface area (Å²) in [6.07, 6.45) is 6.14. The van der Waals surface area contributed by atoms with Crippen LogP contribution in [0.1, 0.15) is 61.9 Å². The Kier molecular flexibility index (Phi) is 6.81. The van der Waals surface area contributed by atoms with Crippen molar-refractivity contribution in [2.45, 2.75) is 64.1 Å². The maximum atomic E-state index is 12.6. The third kappa shape index (κ3) is 6.25. The lowest BCUT2D eigenvalue weighted by Gasteiger charge is -2.25. The molecule has 0 saturated carbocycles. The highest BCUT2D eigenvalue weighted by atomic mass is 16.5. The van der Waals surface area contributed by atoms with Crippen molar-refractivity contribution in [1.82, 2.24) is 4.90 Å². The number of hydrogen-bond acceptors (Lipinski definition) is 3. The molecule has 0 aromatic heterocycles. The summed E-state index contributed by atoms with van der Waals surface area (Å²) in [6.45, 7) is 5.19. The second-order valence-corrected chi connectivity index (χ2v) is 7.52. The first-order chi connectivity index (χ1) is 11.3. The molecule has 1 amide bonds. The zero-order chi connectivity index (χ0) is 17.6. The number of aliphatic hydroxyl groups is 1. The Labute approximate surface area is 145 Å². The summed E-state index contributed by atoms with van der Waals surface area (Å²) in [5.41, 5.74) is 1.12. The van der Waals surface area contributed by atoms with Crippen molar-refractivity contribution in [3.63, 3.8) is 0 Å². The third-order valence-electron chi connectivity index (χ3n) is 4.61. The molecule has 24 heavy (non-hydrogen) atoms. The van der Waals surface area contributed by atoms with Gasteiger partial charge in [0.05, 0.1) is 11.7 Å². The average molecular weight is 333 g/mol. The molecule has 4 nitrogen and oxygen atoms in total. The predicted molar refractivity (Wildman–Crippen MR) is 96.2 cm³/mol. The lowest BCUT2D eigenvalue weighted by Crippen LogP contribution is -2.31. The van der Waals surface area contributed by atoms with Crippen LogP contribution in [0.25, 0.3) is 0 Å². The Morgan fingerprint density at radius 2 is 2.17 bits per heavy atom. The first kappa shape index (κ1) is 18.9. The molecule has 2 rings (SSSR count). The summed E-state index contributed by atoms with van der Waals surface area (Å²) in [5.74, 6) is 0.0518. The van der Waals surface area contributed by atoms with Crippen LogP contribution in [-0.4, -0.2) is 47.8 Å². The normalized spacial score (nSPS) is 18.4. The minimum atomic E-state index is -0.684. The van der Waals surface area contributed by atoms with Crippen LogP contribution < -0.4 is 0 Å². The lowest BCUT2D eigenvalue weighted by atomic mass is 9.97. The van der Waals surface area contributed by atoms with Crippen LogP contribution in [0, 0.1) is 0 Å². The summed E-state index contributed by atoms with van der Waals surface area (Å²) < 4.78 is 5.74. The van der Waals surface area contributed by atoms with Gasteiger partial charge in [0.25, 0.3) is 5.91 Å². The largest absolute Gasteiger partial charge is 0.390 e. The van der Waals surface area contributed by atoms with Crippen LogP contribution in [-0.2, 0) is 11.2 Å². The predicted octanol–water partition coefficient (Wildman–Crippen LogP) is 3.42. The summed E-state index contributed by atoms with van der Waals surface area (Å²) in [6, 6.07) is 7.74. The minimum Gasteiger partial charge on any atom is -0.390 e. The molecule has 1 aliphatic rings. The Morgan fingerprint density at radius 3 is 2.83 bits per heavy atom. The fourth-order valence-corrected chi connectivity index (χ4v) is 3.00. The molecule has 0 bridgehead atoms. The minimum absolute atomic E-state index is 0.0518. The van der Waals surface area contributed by atoms with E-state index in [1.807, 2.05) is 45.2 Å². The van der Waals surface area contributed by atoms with E-state index in [4.69, 9.17) is 4.74 Å². The highest BCUT2D eigenvalue weighted by Crippen LogP contribution is 2.17. The number of carbonyl (C=O) groups is 1. The van der Waals surface area contributed by atoms with Crippen molar-refractivity contribution in [1.29, 1.82) is 0 Å². The van der Waals surface area contributed by atoms with Gasteiger partial charge in [-0.3, -0.25) is 4.79 Å². The van der Waals surface area contributed by atoms with E-state index in [0.717, 1.165) is 50.0 Å². The Hall–Kier alpha value is -1.39. The molecule has 1 N–H and O–H groups in total. The zero-order valence-electron chi connectivity index (χ0n) is 15.3. The highest BCUT2D eigenvalue weighted by Gasteiger charge is 2.18. The van der Waals surface area contributed by atoms with E-state index in [1.165, 1.54) is 6.42 Å². The number of hydrogen-bond donors (Lipinski definition) is 1. The number of benzene rings is 1. The van der Waals surface area contributed by atoms with Crippen molar-refractivity contribution >= 4 is 5.91 Å². The first-order valence-corrected chi connectivity index (χ1v) is 9.03. The van der Waals surface area contributed by atoms with Gasteiger partial charge in [-0.2, -0.15) is 0 Å². The van der Waals surface area contributed by atoms with Gasteiger partial charge < -0.3 is 14.7 Å². The average Bonchev–Trinajstić information content (AvgIpc) is 2.58. The molecule has 1 aliphatic heterocycles. The monoisotopic (exact) mass is 333 g/mol. The molecule has 134 valence electrons. The second kappa shape index (κ2) is 8.63. The lowest BCUT2D eigenvalue weighted by molar-refractivity contribution is 0.00709. The standard InChI is InChI=1S/C20H31NO3/c1-20(2,23)12-10-16-7-6-8-17(15-16)19(22)21(3)13-11-18-9-4-5-14-24-18/h6-8,15,18,23H,4-5,9-14H2,1-3H3. The van der Waals surface area contributed by atoms with Gasteiger partial charge in [-0.1, -0.05) is 12.1 Å². The van der Waals surface area contributed by atoms with E-state index in [-0.39, 0.29) is 5.91 Å². The molecule has 1 aromatic carbocycles. The van der Waals surface area contributed by atoms with E-state index < -0.39 is 5.60 Å². The van der Waals surface area contributed by atoms with Gasteiger partial charge in [0, 0.05) is 25.8 Å². The molecule has 0 aliphatic carbocycles. The van der Waals surface area contributed by atoms with E-state index in [9.17, 15) is 9.90 Å². The highest BCUT2D eigenvalue weighted by molar-refractivity contribution is 5.94. The molecule has 0 spiro atoms. The number of ether oxygens (including phenoxy) is 1. The second-order valence-electron chi connectivity index (χ2n) is 7.52. The molecule has 1 saturated heterocycles. The Morgan fingerprint density at radius 1 is 1.38 bits per heavy atom. The molecule has 1 unspecified atom stereocenters. The van der Waals surface area contributed by atoms with Gasteiger partial charge in [0.1, 0.15) is 0 Å². The van der Waals surface area contributed by atoms with Gasteiger partial charge in [-0.25, -0.2) is 0 Å². The van der Waals surface area contributed by atoms with Gasteiger partial charge in [0.15, 0.2) is 0 Å². The van der Waals surface area contributed by atoms with Gasteiger partial charge in [-0.05, 0) is 70.1 Å². The number of aryl methyl sites for hydroxylation is 1. The van der Waals surface area contributed by atoms with E-state index in [0.29, 0.717) is 12.5 Å². The van der Waals surface area contributed by atoms with Gasteiger partial charge >= 0.3 is 0 Å². The fraction of sp³-hybridized carbons (Fsp3) is 0.650. The topological polar surface area (TPSA) is 49.8 Å². The van der Waals surface area contributed by atoms with Crippen molar-refractivity contribution in [2.24, 2.45) is 0 Å². The van der Waals surface area contributed by atoms with Crippen molar-refractivity contribution in [3.05, 3.63) is 35.4 Å². The van der Waals surface area contributed by atoms with Crippen LogP contribution in [0.3, 0.4) is 0 Å². The van der Waals surface area contributed by atoms with Gasteiger partial charge in [-0.15, -0.1) is 0 Å². The third-order valence-corrected chi connectivity index (χ3v) is 4.61.